The second kappa shape index (κ2) is 4.70. The van der Waals surface area contributed by atoms with Crippen LogP contribution in [-0.4, -0.2) is 34.7 Å². The number of hydrogen-bond acceptors (Lipinski definition) is 3. The quantitative estimate of drug-likeness (QED) is 0.739. The van der Waals surface area contributed by atoms with Crippen LogP contribution in [0, 0.1) is 0 Å². The van der Waals surface area contributed by atoms with Crippen LogP contribution in [0.5, 0.6) is 0 Å². The van der Waals surface area contributed by atoms with Gasteiger partial charge in [-0.05, 0) is 38.1 Å². The first-order valence-electron chi connectivity index (χ1n) is 5.82. The highest BCUT2D eigenvalue weighted by atomic mass is 16.4. The Labute approximate surface area is 95.6 Å². The molecular weight excluding hydrogens is 204 g/mol. The fraction of sp³-hybridized carbons (Fsp3) is 0.583. The number of dihydropyridines is 1. The normalized spacial score (nSPS) is 30.7. The highest BCUT2D eigenvalue weighted by molar-refractivity contribution is 5.88. The fourth-order valence-corrected chi connectivity index (χ4v) is 2.45. The molecule has 1 fully saturated rings. The van der Waals surface area contributed by atoms with Gasteiger partial charge < -0.3 is 10.4 Å². The van der Waals surface area contributed by atoms with Crippen LogP contribution < -0.4 is 5.32 Å². The van der Waals surface area contributed by atoms with E-state index in [0.717, 1.165) is 19.4 Å². The Hall–Kier alpha value is -1.29. The minimum Gasteiger partial charge on any atom is -0.478 e. The summed E-state index contributed by atoms with van der Waals surface area (Å²) in [6.45, 7) is 3.13. The number of piperidine rings is 1. The Morgan fingerprint density at radius 3 is 3.06 bits per heavy atom. The lowest BCUT2D eigenvalue weighted by molar-refractivity contribution is -0.133. The summed E-state index contributed by atoms with van der Waals surface area (Å²) >= 11 is 0. The maximum atomic E-state index is 11.1. The van der Waals surface area contributed by atoms with Crippen LogP contribution in [0.4, 0.5) is 0 Å². The molecule has 4 nitrogen and oxygen atoms in total. The molecule has 2 aliphatic rings. The van der Waals surface area contributed by atoms with E-state index in [-0.39, 0.29) is 6.17 Å². The van der Waals surface area contributed by atoms with E-state index in [1.54, 1.807) is 12.2 Å². The van der Waals surface area contributed by atoms with Crippen molar-refractivity contribution in [2.45, 2.75) is 38.4 Å². The Morgan fingerprint density at radius 1 is 1.56 bits per heavy atom. The van der Waals surface area contributed by atoms with E-state index in [9.17, 15) is 4.79 Å². The zero-order valence-electron chi connectivity index (χ0n) is 9.52. The van der Waals surface area contributed by atoms with Gasteiger partial charge in [-0.1, -0.05) is 6.42 Å². The van der Waals surface area contributed by atoms with Gasteiger partial charge in [0.25, 0.3) is 0 Å². The molecule has 88 valence electrons. The van der Waals surface area contributed by atoms with Crippen molar-refractivity contribution in [1.29, 1.82) is 0 Å². The largest absolute Gasteiger partial charge is 0.478 e. The van der Waals surface area contributed by atoms with Crippen molar-refractivity contribution in [3.05, 3.63) is 23.9 Å². The minimum atomic E-state index is -0.834. The molecule has 0 spiro atoms. The molecule has 0 aromatic heterocycles. The van der Waals surface area contributed by atoms with E-state index in [1.165, 1.54) is 6.42 Å². The van der Waals surface area contributed by atoms with Gasteiger partial charge >= 0.3 is 5.97 Å². The smallest absolute Gasteiger partial charge is 0.335 e. The summed E-state index contributed by atoms with van der Waals surface area (Å²) in [7, 11) is 0. The van der Waals surface area contributed by atoms with Crippen LogP contribution >= 0.6 is 0 Å². The number of rotatable bonds is 2. The molecule has 0 aromatic carbocycles. The highest BCUT2D eigenvalue weighted by Crippen LogP contribution is 2.22. The molecule has 0 bridgehead atoms. The number of carboxylic acid groups (broad SMARTS) is 1. The molecule has 2 N–H and O–H groups in total. The first kappa shape index (κ1) is 11.2. The fourth-order valence-electron chi connectivity index (χ4n) is 2.45. The number of nitrogens with zero attached hydrogens (tertiary/aromatic N) is 1. The molecule has 2 aliphatic heterocycles. The van der Waals surface area contributed by atoms with Crippen molar-refractivity contribution in [3.63, 3.8) is 0 Å². The molecule has 0 aromatic rings. The summed E-state index contributed by atoms with van der Waals surface area (Å²) in [5, 5.41) is 12.3. The first-order valence-corrected chi connectivity index (χ1v) is 5.82. The molecule has 4 heteroatoms. The second-order valence-corrected chi connectivity index (χ2v) is 4.44. The van der Waals surface area contributed by atoms with Crippen molar-refractivity contribution < 1.29 is 9.90 Å². The summed E-state index contributed by atoms with van der Waals surface area (Å²) in [5.41, 5.74) is 0.441. The van der Waals surface area contributed by atoms with Crippen LogP contribution in [-0.2, 0) is 4.79 Å². The summed E-state index contributed by atoms with van der Waals surface area (Å²) in [6.07, 6.45) is 8.62. The van der Waals surface area contributed by atoms with Gasteiger partial charge in [-0.2, -0.15) is 0 Å². The van der Waals surface area contributed by atoms with Gasteiger partial charge in [0.2, 0.25) is 0 Å². The van der Waals surface area contributed by atoms with Crippen LogP contribution in [0.25, 0.3) is 0 Å². The molecule has 0 saturated carbocycles. The molecule has 0 aliphatic carbocycles. The summed E-state index contributed by atoms with van der Waals surface area (Å²) in [5.74, 6) is -0.834. The van der Waals surface area contributed by atoms with Crippen molar-refractivity contribution in [2.75, 3.05) is 6.54 Å². The van der Waals surface area contributed by atoms with Gasteiger partial charge in [0, 0.05) is 12.6 Å². The number of nitrogens with one attached hydrogen (secondary N) is 1. The minimum absolute atomic E-state index is 0.169. The van der Waals surface area contributed by atoms with Gasteiger partial charge in [-0.25, -0.2) is 4.79 Å². The van der Waals surface area contributed by atoms with Crippen LogP contribution in [0.15, 0.2) is 23.9 Å². The van der Waals surface area contributed by atoms with Gasteiger partial charge in [-0.15, -0.1) is 0 Å². The van der Waals surface area contributed by atoms with Crippen molar-refractivity contribution in [1.82, 2.24) is 10.2 Å². The lowest BCUT2D eigenvalue weighted by atomic mass is 10.00. The standard InChI is InChI=1S/C12H18N2O2/c1-9-5-2-3-8-14(9)11-10(12(15)16)6-4-7-13-11/h4,6-7,9,11,13H,2-3,5,8H2,1H3,(H,15,16)/t9-,11?/m0/s1. The third-order valence-corrected chi connectivity index (χ3v) is 3.35. The number of aliphatic carboxylic acids is 1. The molecule has 2 rings (SSSR count). The van der Waals surface area contributed by atoms with E-state index in [4.69, 9.17) is 5.11 Å². The molecule has 1 saturated heterocycles. The summed E-state index contributed by atoms with van der Waals surface area (Å²) in [6, 6.07) is 0.445. The lowest BCUT2D eigenvalue weighted by Crippen LogP contribution is -2.53. The van der Waals surface area contributed by atoms with E-state index in [1.807, 2.05) is 6.20 Å². The summed E-state index contributed by atoms with van der Waals surface area (Å²) in [4.78, 5) is 13.4. The first-order chi connectivity index (χ1) is 7.70. The third-order valence-electron chi connectivity index (χ3n) is 3.35. The number of hydrogen-bond donors (Lipinski definition) is 2. The van der Waals surface area contributed by atoms with Gasteiger partial charge in [-0.3, -0.25) is 4.90 Å². The number of carbonyl (C=O) groups is 1. The third kappa shape index (κ3) is 2.11. The Kier molecular flexibility index (Phi) is 3.29. The summed E-state index contributed by atoms with van der Waals surface area (Å²) < 4.78 is 0. The van der Waals surface area contributed by atoms with Crippen LogP contribution in [0.2, 0.25) is 0 Å². The van der Waals surface area contributed by atoms with Crippen molar-refractivity contribution in [3.8, 4) is 0 Å². The predicted molar refractivity (Wildman–Crippen MR) is 61.8 cm³/mol. The van der Waals surface area contributed by atoms with Gasteiger partial charge in [0.05, 0.1) is 5.57 Å². The van der Waals surface area contributed by atoms with E-state index in [0.29, 0.717) is 11.6 Å². The Bertz CT molecular complexity index is 336. The molecule has 16 heavy (non-hydrogen) atoms. The zero-order valence-corrected chi connectivity index (χ0v) is 9.52. The molecule has 0 radical (unpaired) electrons. The molecule has 2 atom stereocenters. The van der Waals surface area contributed by atoms with Crippen molar-refractivity contribution >= 4 is 5.97 Å². The molecule has 1 unspecified atom stereocenters. The lowest BCUT2D eigenvalue weighted by Gasteiger charge is -2.40. The zero-order chi connectivity index (χ0) is 11.5. The second-order valence-electron chi connectivity index (χ2n) is 4.44. The average Bonchev–Trinajstić information content (AvgIpc) is 2.29. The Balaban J connectivity index is 2.16. The number of carboxylic acids is 1. The number of allylic oxidation sites excluding steroid dienone is 2. The molecule has 0 amide bonds. The van der Waals surface area contributed by atoms with E-state index < -0.39 is 5.97 Å². The molecule has 2 heterocycles. The topological polar surface area (TPSA) is 52.6 Å². The van der Waals surface area contributed by atoms with Crippen LogP contribution in [0.3, 0.4) is 0 Å². The van der Waals surface area contributed by atoms with Crippen molar-refractivity contribution in [2.24, 2.45) is 0 Å². The monoisotopic (exact) mass is 222 g/mol. The highest BCUT2D eigenvalue weighted by Gasteiger charge is 2.31. The average molecular weight is 222 g/mol. The van der Waals surface area contributed by atoms with Crippen LogP contribution in [0.1, 0.15) is 26.2 Å². The van der Waals surface area contributed by atoms with E-state index in [2.05, 4.69) is 17.1 Å². The Morgan fingerprint density at radius 2 is 2.38 bits per heavy atom. The number of likely N-dealkylation sites (tertiary alicyclic amines) is 1. The maximum Gasteiger partial charge on any atom is 0.335 e. The van der Waals surface area contributed by atoms with Gasteiger partial charge in [0.15, 0.2) is 0 Å². The SMILES string of the molecule is C[C@H]1CCCCN1C1NC=CC=C1C(=O)O. The van der Waals surface area contributed by atoms with E-state index >= 15 is 0 Å². The maximum absolute atomic E-state index is 11.1. The predicted octanol–water partition coefficient (Wildman–Crippen LogP) is 1.31. The van der Waals surface area contributed by atoms with Gasteiger partial charge in [0.1, 0.15) is 6.17 Å². The molecular formula is C12H18N2O2.